The van der Waals surface area contributed by atoms with Crippen molar-refractivity contribution in [1.29, 1.82) is 0 Å². The van der Waals surface area contributed by atoms with Gasteiger partial charge in [0.05, 0.1) is 11.4 Å². The predicted molar refractivity (Wildman–Crippen MR) is 82.1 cm³/mol. The second-order valence-corrected chi connectivity index (χ2v) is 5.25. The summed E-state index contributed by atoms with van der Waals surface area (Å²) in [7, 11) is 0. The zero-order chi connectivity index (χ0) is 15.8. The molecule has 0 aliphatic heterocycles. The third-order valence-electron chi connectivity index (χ3n) is 2.57. The average Bonchev–Trinajstić information content (AvgIpc) is 2.50. The van der Waals surface area contributed by atoms with Crippen LogP contribution in [-0.4, -0.2) is 23.3 Å². The van der Waals surface area contributed by atoms with Gasteiger partial charge >= 0.3 is 6.61 Å². The van der Waals surface area contributed by atoms with Crippen LogP contribution in [0.1, 0.15) is 5.69 Å². The highest BCUT2D eigenvalue weighted by Gasteiger charge is 2.06. The van der Waals surface area contributed by atoms with Crippen molar-refractivity contribution in [2.75, 3.05) is 11.1 Å². The number of carbonyl (C=O) groups excluding carboxylic acids is 1. The molecule has 0 atom stereocenters. The Labute approximate surface area is 130 Å². The first-order chi connectivity index (χ1) is 10.6. The van der Waals surface area contributed by atoms with E-state index < -0.39 is 6.61 Å². The number of hydrogen-bond donors (Lipinski definition) is 1. The topological polar surface area (TPSA) is 51.2 Å². The van der Waals surface area contributed by atoms with E-state index in [1.807, 2.05) is 18.2 Å². The molecule has 0 aliphatic rings. The van der Waals surface area contributed by atoms with Gasteiger partial charge in [-0.2, -0.15) is 8.78 Å². The Balaban J connectivity index is 1.74. The van der Waals surface area contributed by atoms with E-state index in [1.54, 1.807) is 6.20 Å². The number of anilines is 1. The van der Waals surface area contributed by atoms with Crippen LogP contribution in [0.3, 0.4) is 0 Å². The van der Waals surface area contributed by atoms with Crippen molar-refractivity contribution in [3.05, 3.63) is 54.4 Å². The van der Waals surface area contributed by atoms with E-state index in [0.29, 0.717) is 11.4 Å². The number of alkyl halides is 2. The molecule has 2 aromatic rings. The Hall–Kier alpha value is -2.15. The van der Waals surface area contributed by atoms with Gasteiger partial charge in [0, 0.05) is 17.6 Å². The van der Waals surface area contributed by atoms with Gasteiger partial charge in [-0.15, -0.1) is 11.8 Å². The maximum absolute atomic E-state index is 12.0. The maximum atomic E-state index is 12.0. The van der Waals surface area contributed by atoms with Crippen molar-refractivity contribution in [3.8, 4) is 5.75 Å². The first kappa shape index (κ1) is 16.2. The van der Waals surface area contributed by atoms with E-state index in [1.165, 1.54) is 36.0 Å². The zero-order valence-electron chi connectivity index (χ0n) is 11.5. The molecule has 1 amide bonds. The van der Waals surface area contributed by atoms with Crippen LogP contribution in [0.15, 0.2) is 48.7 Å². The van der Waals surface area contributed by atoms with Crippen molar-refractivity contribution < 1.29 is 18.3 Å². The summed E-state index contributed by atoms with van der Waals surface area (Å²) in [6, 6.07) is 11.4. The van der Waals surface area contributed by atoms with Gasteiger partial charge in [-0.1, -0.05) is 6.07 Å². The number of thioether (sulfide) groups is 1. The first-order valence-corrected chi connectivity index (χ1v) is 7.61. The van der Waals surface area contributed by atoms with E-state index in [2.05, 4.69) is 15.0 Å². The summed E-state index contributed by atoms with van der Waals surface area (Å²) in [6.07, 6.45) is 1.71. The van der Waals surface area contributed by atoms with Crippen LogP contribution in [-0.2, 0) is 10.5 Å². The number of pyridine rings is 1. The molecule has 0 aliphatic carbocycles. The summed E-state index contributed by atoms with van der Waals surface area (Å²) >= 11 is 1.45. The molecule has 1 N–H and O–H groups in total. The van der Waals surface area contributed by atoms with Crippen molar-refractivity contribution in [2.24, 2.45) is 0 Å². The number of carbonyl (C=O) groups is 1. The van der Waals surface area contributed by atoms with Crippen LogP contribution in [0.25, 0.3) is 0 Å². The van der Waals surface area contributed by atoms with Crippen LogP contribution in [0.5, 0.6) is 5.75 Å². The number of benzene rings is 1. The summed E-state index contributed by atoms with van der Waals surface area (Å²) in [6.45, 7) is -2.86. The van der Waals surface area contributed by atoms with Gasteiger partial charge in [0.15, 0.2) is 0 Å². The molecular formula is C15H14F2N2O2S. The number of hydrogen-bond acceptors (Lipinski definition) is 4. The van der Waals surface area contributed by atoms with Gasteiger partial charge in [0.1, 0.15) is 5.75 Å². The number of halogens is 2. The number of aromatic nitrogens is 1. The van der Waals surface area contributed by atoms with Crippen LogP contribution in [0.2, 0.25) is 0 Å². The Bertz CT molecular complexity index is 594. The maximum Gasteiger partial charge on any atom is 0.387 e. The Morgan fingerprint density at radius 2 is 2.00 bits per heavy atom. The molecule has 1 aromatic carbocycles. The van der Waals surface area contributed by atoms with E-state index in [9.17, 15) is 13.6 Å². The summed E-state index contributed by atoms with van der Waals surface area (Å²) in [4.78, 5) is 15.9. The standard InChI is InChI=1S/C15H14F2N2O2S/c16-15(17)21-13-6-4-11(5-7-13)19-14(20)10-22-9-12-3-1-2-8-18-12/h1-8,15H,9-10H2,(H,19,20). The van der Waals surface area contributed by atoms with Gasteiger partial charge < -0.3 is 10.1 Å². The molecule has 116 valence electrons. The molecule has 2 rings (SSSR count). The third-order valence-corrected chi connectivity index (χ3v) is 3.54. The van der Waals surface area contributed by atoms with Crippen LogP contribution in [0, 0.1) is 0 Å². The third kappa shape index (κ3) is 5.69. The Kier molecular flexibility index (Phi) is 6.14. The zero-order valence-corrected chi connectivity index (χ0v) is 12.4. The van der Waals surface area contributed by atoms with Crippen molar-refractivity contribution in [1.82, 2.24) is 4.98 Å². The molecule has 0 saturated carbocycles. The minimum absolute atomic E-state index is 0.0533. The molecular weight excluding hydrogens is 310 g/mol. The molecule has 0 bridgehead atoms. The van der Waals surface area contributed by atoms with E-state index in [0.717, 1.165) is 5.69 Å². The van der Waals surface area contributed by atoms with Gasteiger partial charge in [-0.25, -0.2) is 0 Å². The van der Waals surface area contributed by atoms with Gasteiger partial charge in [-0.3, -0.25) is 9.78 Å². The highest BCUT2D eigenvalue weighted by Crippen LogP contribution is 2.18. The smallest absolute Gasteiger partial charge is 0.387 e. The monoisotopic (exact) mass is 324 g/mol. The molecule has 0 unspecified atom stereocenters. The predicted octanol–water partition coefficient (Wildman–Crippen LogP) is 3.55. The number of nitrogens with one attached hydrogen (secondary N) is 1. The largest absolute Gasteiger partial charge is 0.435 e. The van der Waals surface area contributed by atoms with Crippen molar-refractivity contribution in [2.45, 2.75) is 12.4 Å². The molecule has 22 heavy (non-hydrogen) atoms. The Morgan fingerprint density at radius 1 is 1.23 bits per heavy atom. The minimum atomic E-state index is -2.86. The summed E-state index contributed by atoms with van der Waals surface area (Å²) in [5, 5.41) is 2.69. The number of amides is 1. The molecule has 1 heterocycles. The van der Waals surface area contributed by atoms with Crippen LogP contribution >= 0.6 is 11.8 Å². The van der Waals surface area contributed by atoms with Gasteiger partial charge in [0.2, 0.25) is 5.91 Å². The minimum Gasteiger partial charge on any atom is -0.435 e. The van der Waals surface area contributed by atoms with E-state index >= 15 is 0 Å². The average molecular weight is 324 g/mol. The fourth-order valence-electron chi connectivity index (χ4n) is 1.65. The molecule has 4 nitrogen and oxygen atoms in total. The van der Waals surface area contributed by atoms with E-state index in [-0.39, 0.29) is 17.4 Å². The highest BCUT2D eigenvalue weighted by molar-refractivity contribution is 7.99. The second-order valence-electron chi connectivity index (χ2n) is 4.26. The van der Waals surface area contributed by atoms with Crippen LogP contribution in [0.4, 0.5) is 14.5 Å². The summed E-state index contributed by atoms with van der Waals surface area (Å²) in [5.41, 5.74) is 1.44. The molecule has 0 radical (unpaired) electrons. The molecule has 0 spiro atoms. The SMILES string of the molecule is O=C(CSCc1ccccn1)Nc1ccc(OC(F)F)cc1. The van der Waals surface area contributed by atoms with Gasteiger partial charge in [-0.05, 0) is 36.4 Å². The lowest BCUT2D eigenvalue weighted by molar-refractivity contribution is -0.113. The number of rotatable bonds is 7. The fourth-order valence-corrected chi connectivity index (χ4v) is 2.39. The molecule has 0 saturated heterocycles. The first-order valence-electron chi connectivity index (χ1n) is 6.46. The normalized spacial score (nSPS) is 10.5. The second kappa shape index (κ2) is 8.33. The molecule has 0 fully saturated rings. The quantitative estimate of drug-likeness (QED) is 0.846. The van der Waals surface area contributed by atoms with Crippen LogP contribution < -0.4 is 10.1 Å². The van der Waals surface area contributed by atoms with E-state index in [4.69, 9.17) is 0 Å². The number of ether oxygens (including phenoxy) is 1. The molecule has 7 heteroatoms. The van der Waals surface area contributed by atoms with Crippen molar-refractivity contribution >= 4 is 23.4 Å². The lowest BCUT2D eigenvalue weighted by Crippen LogP contribution is -2.14. The summed E-state index contributed by atoms with van der Waals surface area (Å²) in [5.74, 6) is 0.822. The lowest BCUT2D eigenvalue weighted by atomic mass is 10.3. The lowest BCUT2D eigenvalue weighted by Gasteiger charge is -2.07. The summed E-state index contributed by atoms with van der Waals surface area (Å²) < 4.78 is 28.3. The number of nitrogens with zero attached hydrogens (tertiary/aromatic N) is 1. The fraction of sp³-hybridized carbons (Fsp3) is 0.200. The van der Waals surface area contributed by atoms with Gasteiger partial charge in [0.25, 0.3) is 0 Å². The highest BCUT2D eigenvalue weighted by atomic mass is 32.2. The van der Waals surface area contributed by atoms with Crippen molar-refractivity contribution in [3.63, 3.8) is 0 Å². The Morgan fingerprint density at radius 3 is 2.64 bits per heavy atom. The molecule has 1 aromatic heterocycles.